The largest absolute Gasteiger partial charge is 0.349 e. The van der Waals surface area contributed by atoms with E-state index < -0.39 is 0 Å². The second kappa shape index (κ2) is 7.78. The molecule has 2 aromatic carbocycles. The number of hydrogen-bond acceptors (Lipinski definition) is 2. The number of rotatable bonds is 5. The van der Waals surface area contributed by atoms with Crippen LogP contribution in [0.5, 0.6) is 0 Å². The number of aryl methyl sites for hydroxylation is 1. The van der Waals surface area contributed by atoms with Crippen molar-refractivity contribution in [2.75, 3.05) is 0 Å². The third kappa shape index (κ3) is 3.95. The summed E-state index contributed by atoms with van der Waals surface area (Å²) in [5, 5.41) is 7.85. The minimum atomic E-state index is 0.0646. The van der Waals surface area contributed by atoms with Gasteiger partial charge in [-0.15, -0.1) is 0 Å². The van der Waals surface area contributed by atoms with Crippen molar-refractivity contribution >= 4 is 5.91 Å². The third-order valence-corrected chi connectivity index (χ3v) is 5.39. The van der Waals surface area contributed by atoms with E-state index in [9.17, 15) is 4.79 Å². The Morgan fingerprint density at radius 3 is 2.74 bits per heavy atom. The average Bonchev–Trinajstić information content (AvgIpc) is 3.08. The number of benzene rings is 2. The average molecular weight is 359 g/mol. The lowest BCUT2D eigenvalue weighted by atomic mass is 9.92. The first-order valence-corrected chi connectivity index (χ1v) is 9.63. The van der Waals surface area contributed by atoms with Crippen LogP contribution in [0, 0.1) is 6.92 Å². The van der Waals surface area contributed by atoms with Crippen LogP contribution >= 0.6 is 0 Å². The molecule has 0 fully saturated rings. The highest BCUT2D eigenvalue weighted by atomic mass is 16.1. The number of hydrogen-bond donors (Lipinski definition) is 1. The molecule has 1 amide bonds. The second-order valence-electron chi connectivity index (χ2n) is 7.31. The predicted octanol–water partition coefficient (Wildman–Crippen LogP) is 3.98. The van der Waals surface area contributed by atoms with Crippen LogP contribution in [0.1, 0.15) is 46.8 Å². The smallest absolute Gasteiger partial charge is 0.224 e. The first kappa shape index (κ1) is 17.5. The number of fused-ring (bicyclic) bond motifs is 1. The molecule has 0 spiro atoms. The highest BCUT2D eigenvalue weighted by molar-refractivity contribution is 5.79. The summed E-state index contributed by atoms with van der Waals surface area (Å²) in [4.78, 5) is 12.6. The van der Waals surface area contributed by atoms with Crippen LogP contribution in [-0.4, -0.2) is 15.7 Å². The topological polar surface area (TPSA) is 46.9 Å². The lowest BCUT2D eigenvalue weighted by molar-refractivity contribution is -0.121. The summed E-state index contributed by atoms with van der Waals surface area (Å²) >= 11 is 0. The Labute approximate surface area is 160 Å². The molecule has 1 heterocycles. The zero-order chi connectivity index (χ0) is 18.6. The van der Waals surface area contributed by atoms with Crippen molar-refractivity contribution in [3.8, 4) is 0 Å². The maximum absolute atomic E-state index is 12.6. The Hall–Kier alpha value is -2.88. The fourth-order valence-corrected chi connectivity index (χ4v) is 3.89. The van der Waals surface area contributed by atoms with E-state index in [2.05, 4.69) is 52.4 Å². The normalized spacial score (nSPS) is 16.0. The van der Waals surface area contributed by atoms with Crippen molar-refractivity contribution in [2.45, 2.75) is 45.2 Å². The maximum atomic E-state index is 12.6. The first-order valence-electron chi connectivity index (χ1n) is 9.63. The fraction of sp³-hybridized carbons (Fsp3) is 0.304. The standard InChI is InChI=1S/C23H25N3O/c1-17-8-5-6-11-19(17)14-23(27)25-21-12-7-13-22-20(21)15-24-26(22)16-18-9-3-2-4-10-18/h2-6,8-11,15,21H,7,12-14,16H2,1H3,(H,25,27). The van der Waals surface area contributed by atoms with E-state index in [1.165, 1.54) is 16.8 Å². The SMILES string of the molecule is Cc1ccccc1CC(=O)NC1CCCc2c1cnn2Cc1ccccc1. The molecule has 0 saturated carbocycles. The van der Waals surface area contributed by atoms with Gasteiger partial charge in [-0.1, -0.05) is 54.6 Å². The molecule has 0 radical (unpaired) electrons. The van der Waals surface area contributed by atoms with Gasteiger partial charge in [0.1, 0.15) is 0 Å². The number of carbonyl (C=O) groups is 1. The van der Waals surface area contributed by atoms with Crippen molar-refractivity contribution in [3.05, 3.63) is 88.7 Å². The Bertz CT molecular complexity index is 930. The minimum absolute atomic E-state index is 0.0646. The van der Waals surface area contributed by atoms with Gasteiger partial charge < -0.3 is 5.32 Å². The van der Waals surface area contributed by atoms with Gasteiger partial charge in [-0.3, -0.25) is 9.48 Å². The summed E-state index contributed by atoms with van der Waals surface area (Å²) in [6.45, 7) is 2.83. The Kier molecular flexibility index (Phi) is 5.05. The summed E-state index contributed by atoms with van der Waals surface area (Å²) < 4.78 is 2.09. The van der Waals surface area contributed by atoms with Crippen molar-refractivity contribution in [3.63, 3.8) is 0 Å². The third-order valence-electron chi connectivity index (χ3n) is 5.39. The molecule has 1 aliphatic rings. The molecule has 27 heavy (non-hydrogen) atoms. The Morgan fingerprint density at radius 2 is 1.93 bits per heavy atom. The molecule has 138 valence electrons. The zero-order valence-corrected chi connectivity index (χ0v) is 15.7. The molecule has 0 bridgehead atoms. The van der Waals surface area contributed by atoms with Crippen molar-refractivity contribution < 1.29 is 4.79 Å². The van der Waals surface area contributed by atoms with Crippen LogP contribution in [0.2, 0.25) is 0 Å². The van der Waals surface area contributed by atoms with Gasteiger partial charge in [0.15, 0.2) is 0 Å². The van der Waals surface area contributed by atoms with E-state index in [4.69, 9.17) is 0 Å². The molecule has 4 nitrogen and oxygen atoms in total. The monoisotopic (exact) mass is 359 g/mol. The number of amides is 1. The zero-order valence-electron chi connectivity index (χ0n) is 15.7. The van der Waals surface area contributed by atoms with Crippen molar-refractivity contribution in [2.24, 2.45) is 0 Å². The quantitative estimate of drug-likeness (QED) is 0.749. The maximum Gasteiger partial charge on any atom is 0.224 e. The lowest BCUT2D eigenvalue weighted by Crippen LogP contribution is -2.32. The molecular weight excluding hydrogens is 334 g/mol. The molecule has 4 heteroatoms. The van der Waals surface area contributed by atoms with Gasteiger partial charge in [-0.25, -0.2) is 0 Å². The summed E-state index contributed by atoms with van der Waals surface area (Å²) in [5.41, 5.74) is 5.93. The highest BCUT2D eigenvalue weighted by Crippen LogP contribution is 2.30. The van der Waals surface area contributed by atoms with E-state index in [0.717, 1.165) is 36.9 Å². The summed E-state index contributed by atoms with van der Waals surface area (Å²) in [7, 11) is 0. The minimum Gasteiger partial charge on any atom is -0.349 e. The van der Waals surface area contributed by atoms with Crippen LogP contribution in [0.4, 0.5) is 0 Å². The number of nitrogens with zero attached hydrogens (tertiary/aromatic N) is 2. The van der Waals surface area contributed by atoms with Gasteiger partial charge >= 0.3 is 0 Å². The molecular formula is C23H25N3O. The van der Waals surface area contributed by atoms with E-state index >= 15 is 0 Å². The van der Waals surface area contributed by atoms with Crippen molar-refractivity contribution in [1.82, 2.24) is 15.1 Å². The molecule has 1 atom stereocenters. The van der Waals surface area contributed by atoms with Crippen LogP contribution in [0.25, 0.3) is 0 Å². The number of nitrogens with one attached hydrogen (secondary N) is 1. The first-order chi connectivity index (χ1) is 13.2. The van der Waals surface area contributed by atoms with E-state index in [0.29, 0.717) is 6.42 Å². The van der Waals surface area contributed by atoms with Gasteiger partial charge in [-0.2, -0.15) is 5.10 Å². The molecule has 0 aliphatic heterocycles. The summed E-state index contributed by atoms with van der Waals surface area (Å²) in [6, 6.07) is 18.5. The van der Waals surface area contributed by atoms with Gasteiger partial charge in [0, 0.05) is 11.3 Å². The van der Waals surface area contributed by atoms with Gasteiger partial charge in [0.25, 0.3) is 0 Å². The van der Waals surface area contributed by atoms with Crippen LogP contribution in [-0.2, 0) is 24.2 Å². The second-order valence-corrected chi connectivity index (χ2v) is 7.31. The van der Waals surface area contributed by atoms with Gasteiger partial charge in [-0.05, 0) is 42.9 Å². The number of carbonyl (C=O) groups excluding carboxylic acids is 1. The van der Waals surface area contributed by atoms with Gasteiger partial charge in [0.2, 0.25) is 5.91 Å². The Balaban J connectivity index is 1.47. The number of aromatic nitrogens is 2. The van der Waals surface area contributed by atoms with E-state index in [1.54, 1.807) is 0 Å². The van der Waals surface area contributed by atoms with Crippen LogP contribution < -0.4 is 5.32 Å². The predicted molar refractivity (Wildman–Crippen MR) is 106 cm³/mol. The molecule has 1 aromatic heterocycles. The van der Waals surface area contributed by atoms with E-state index in [1.807, 2.05) is 30.5 Å². The fourth-order valence-electron chi connectivity index (χ4n) is 3.89. The summed E-state index contributed by atoms with van der Waals surface area (Å²) in [5.74, 6) is 0.0814. The van der Waals surface area contributed by atoms with Crippen LogP contribution in [0.15, 0.2) is 60.8 Å². The molecule has 1 N–H and O–H groups in total. The molecule has 0 saturated heterocycles. The van der Waals surface area contributed by atoms with Gasteiger partial charge in [0.05, 0.1) is 25.2 Å². The van der Waals surface area contributed by atoms with Crippen LogP contribution in [0.3, 0.4) is 0 Å². The molecule has 4 rings (SSSR count). The van der Waals surface area contributed by atoms with Crippen molar-refractivity contribution in [1.29, 1.82) is 0 Å². The highest BCUT2D eigenvalue weighted by Gasteiger charge is 2.25. The van der Waals surface area contributed by atoms with E-state index in [-0.39, 0.29) is 11.9 Å². The Morgan fingerprint density at radius 1 is 1.15 bits per heavy atom. The molecule has 1 aliphatic carbocycles. The lowest BCUT2D eigenvalue weighted by Gasteiger charge is -2.24. The summed E-state index contributed by atoms with van der Waals surface area (Å²) in [6.07, 6.45) is 5.44. The molecule has 3 aromatic rings. The molecule has 1 unspecified atom stereocenters.